The quantitative estimate of drug-likeness (QED) is 0.0744. The molecule has 0 radical (unpaired) electrons. The predicted octanol–water partition coefficient (Wildman–Crippen LogP) is 14.5. The molecule has 9 aliphatic carbocycles. The zero-order valence-electron chi connectivity index (χ0n) is 58.0. The van der Waals surface area contributed by atoms with Crippen LogP contribution in [0.2, 0.25) is 0 Å². The Morgan fingerprint density at radius 1 is 0.438 bits per heavy atom. The first kappa shape index (κ1) is 68.1. The monoisotopic (exact) mass is 1220 g/mol. The number of fused-ring (bicyclic) bond motifs is 15. The Bertz CT molecular complexity index is 2900. The summed E-state index contributed by atoms with van der Waals surface area (Å²) in [5.41, 5.74) is 15.5. The van der Waals surface area contributed by atoms with Crippen molar-refractivity contribution in [2.45, 2.75) is 174 Å². The molecule has 0 aliphatic heterocycles. The van der Waals surface area contributed by atoms with Crippen LogP contribution in [0.25, 0.3) is 0 Å². The van der Waals surface area contributed by atoms with Crippen molar-refractivity contribution in [3.63, 3.8) is 0 Å². The van der Waals surface area contributed by atoms with Gasteiger partial charge in [-0.1, -0.05) is 62.3 Å². The fraction of sp³-hybridized carbons (Fsp3) is 0.718. The fourth-order valence-corrected chi connectivity index (χ4v) is 20.3. The third kappa shape index (κ3) is 15.2. The molecule has 3 aromatic carbocycles. The average Bonchev–Trinajstić information content (AvgIpc) is 1.77. The minimum absolute atomic E-state index is 0.354. The maximum Gasteiger partial charge on any atom is 0.120 e. The molecule has 0 bridgehead atoms. The average molecular weight is 1220 g/mol. The molecule has 3 N–H and O–H groups in total. The minimum atomic E-state index is 0.354. The van der Waals surface area contributed by atoms with E-state index in [2.05, 4.69) is 158 Å². The Kier molecular flexibility index (Phi) is 22.7. The summed E-state index contributed by atoms with van der Waals surface area (Å²) in [7, 11) is 20.9. The number of aromatic hydroxyl groups is 3. The summed E-state index contributed by atoms with van der Waals surface area (Å²) < 4.78 is 17.7. The van der Waals surface area contributed by atoms with Crippen LogP contribution in [-0.2, 0) is 46.6 Å². The topological polar surface area (TPSA) is 105 Å². The second-order valence-electron chi connectivity index (χ2n) is 31.7. The Morgan fingerprint density at radius 2 is 0.876 bits per heavy atom. The van der Waals surface area contributed by atoms with Crippen LogP contribution in [0, 0.1) is 57.7 Å². The van der Waals surface area contributed by atoms with Crippen molar-refractivity contribution in [2.75, 3.05) is 130 Å². The molecule has 11 nitrogen and oxygen atoms in total. The van der Waals surface area contributed by atoms with Crippen molar-refractivity contribution < 1.29 is 29.5 Å². The Balaban J connectivity index is 0.000000148. The van der Waals surface area contributed by atoms with Gasteiger partial charge in [0.05, 0.1) is 33.0 Å². The molecule has 6 saturated carbocycles. The van der Waals surface area contributed by atoms with Gasteiger partial charge < -0.3 is 54.0 Å². The third-order valence-corrected chi connectivity index (χ3v) is 25.0. The van der Waals surface area contributed by atoms with Crippen LogP contribution in [0.4, 0.5) is 0 Å². The number of hydrogen-bond donors (Lipinski definition) is 3. The van der Waals surface area contributed by atoms with Crippen LogP contribution in [-0.4, -0.2) is 170 Å². The van der Waals surface area contributed by atoms with Crippen molar-refractivity contribution in [1.29, 1.82) is 0 Å². The largest absolute Gasteiger partial charge is 0.508 e. The van der Waals surface area contributed by atoms with Gasteiger partial charge in [0.15, 0.2) is 0 Å². The summed E-state index contributed by atoms with van der Waals surface area (Å²) in [6, 6.07) is 15.0. The lowest BCUT2D eigenvalue weighted by Gasteiger charge is -2.51. The van der Waals surface area contributed by atoms with Gasteiger partial charge in [-0.2, -0.15) is 0 Å². The Labute approximate surface area is 540 Å². The van der Waals surface area contributed by atoms with E-state index in [9.17, 15) is 15.3 Å². The lowest BCUT2D eigenvalue weighted by atomic mass is 9.54. The molecule has 0 heterocycles. The number of phenolic OH excluding ortho intramolecular Hbond substituents is 3. The predicted molar refractivity (Wildman–Crippen MR) is 365 cm³/mol. The van der Waals surface area contributed by atoms with Gasteiger partial charge in [0.25, 0.3) is 0 Å². The smallest absolute Gasteiger partial charge is 0.120 e. The van der Waals surface area contributed by atoms with Crippen molar-refractivity contribution >= 4 is 0 Å². The first-order valence-corrected chi connectivity index (χ1v) is 35.4. The molecule has 13 atom stereocenters. The number of ether oxygens (including phenoxy) is 3. The van der Waals surface area contributed by atoms with Gasteiger partial charge in [-0.05, 0) is 326 Å². The SMILES string of the molecule is CN(C)CCOC/C=C1\CCC2C3CCc4cc(O)c(CN(C)C)cc4C3CCC12C.CN(C)CCOC/C=C1\CCC2C3CCc4cc(O)ccc4C3CCC12C.CN(C)CCOCCC1CCC2C3CCc4cc(O)c(CN(C)C)cc4C3CCC12C. The first-order chi connectivity index (χ1) is 42.6. The maximum absolute atomic E-state index is 10.5. The van der Waals surface area contributed by atoms with Gasteiger partial charge in [0.2, 0.25) is 0 Å². The maximum atomic E-state index is 10.5. The number of nitrogens with zero attached hydrogens (tertiary/aromatic N) is 5. The highest BCUT2D eigenvalue weighted by Gasteiger charge is 2.56. The van der Waals surface area contributed by atoms with Gasteiger partial charge in [0, 0.05) is 50.5 Å². The molecule has 11 heteroatoms. The van der Waals surface area contributed by atoms with Crippen LogP contribution in [0.15, 0.2) is 65.8 Å². The van der Waals surface area contributed by atoms with Crippen LogP contribution in [0.5, 0.6) is 17.2 Å². The lowest BCUT2D eigenvalue weighted by molar-refractivity contribution is 0.0132. The highest BCUT2D eigenvalue weighted by Crippen LogP contribution is 2.66. The van der Waals surface area contributed by atoms with Crippen LogP contribution < -0.4 is 0 Å². The van der Waals surface area contributed by atoms with Crippen LogP contribution in [0.3, 0.4) is 0 Å². The molecule has 13 unspecified atom stereocenters. The number of phenols is 3. The summed E-state index contributed by atoms with van der Waals surface area (Å²) in [5, 5.41) is 30.9. The standard InChI is InChI=1S/C27H44N2O2.C27H42N2O2.C24H35NO2/c2*1-27-12-10-22-23(25(27)9-7-21(27)11-14-31-15-13-28(2)3)8-6-19-17-26(30)20(16-24(19)22)18-29(4)5;1-24-12-10-21-20-8-6-19(26)16-17(20)4-7-22(21)23(24)9-5-18(24)11-14-27-15-13-25(2)3/h16-17,21-23,25,30H,6-15,18H2,1-5H3;11,16-17,22-23,25,30H,6-10,12-15,18H2,1-5H3;6,8,11,16,21-23,26H,4-5,7,9-10,12-15H2,1-3H3/b;21-11+;18-11+. The summed E-state index contributed by atoms with van der Waals surface area (Å²) in [6.07, 6.45) is 29.1. The van der Waals surface area contributed by atoms with Gasteiger partial charge in [-0.25, -0.2) is 0 Å². The number of hydrogen-bond acceptors (Lipinski definition) is 11. The number of rotatable bonds is 20. The van der Waals surface area contributed by atoms with E-state index in [1.165, 1.54) is 131 Å². The van der Waals surface area contributed by atoms with Crippen molar-refractivity contribution in [2.24, 2.45) is 57.7 Å². The molecule has 0 spiro atoms. The number of aryl methyl sites for hydroxylation is 3. The van der Waals surface area contributed by atoms with Crippen molar-refractivity contribution in [3.05, 3.63) is 110 Å². The lowest BCUT2D eigenvalue weighted by Crippen LogP contribution is -2.42. The second-order valence-corrected chi connectivity index (χ2v) is 31.7. The van der Waals surface area contributed by atoms with Gasteiger partial charge in [-0.3, -0.25) is 0 Å². The first-order valence-electron chi connectivity index (χ1n) is 35.4. The van der Waals surface area contributed by atoms with Gasteiger partial charge in [0.1, 0.15) is 17.2 Å². The minimum Gasteiger partial charge on any atom is -0.508 e. The van der Waals surface area contributed by atoms with Gasteiger partial charge in [-0.15, -0.1) is 0 Å². The van der Waals surface area contributed by atoms with Crippen molar-refractivity contribution in [3.8, 4) is 17.2 Å². The second kappa shape index (κ2) is 29.7. The van der Waals surface area contributed by atoms with Gasteiger partial charge >= 0.3 is 0 Å². The highest BCUT2D eigenvalue weighted by molar-refractivity contribution is 5.48. The number of likely N-dealkylation sites (N-methyl/N-ethyl adjacent to an activating group) is 3. The molecule has 494 valence electrons. The fourth-order valence-electron chi connectivity index (χ4n) is 20.3. The van der Waals surface area contributed by atoms with E-state index in [-0.39, 0.29) is 0 Å². The Hall–Kier alpha value is -3.78. The third-order valence-electron chi connectivity index (χ3n) is 25.0. The zero-order valence-corrected chi connectivity index (χ0v) is 58.0. The van der Waals surface area contributed by atoms with E-state index in [0.29, 0.717) is 51.2 Å². The molecule has 3 aromatic rings. The van der Waals surface area contributed by atoms with E-state index in [1.807, 2.05) is 12.1 Å². The van der Waals surface area contributed by atoms with E-state index in [1.54, 1.807) is 16.7 Å². The zero-order chi connectivity index (χ0) is 63.4. The number of allylic oxidation sites excluding steroid dienone is 2. The van der Waals surface area contributed by atoms with E-state index >= 15 is 0 Å². The highest BCUT2D eigenvalue weighted by atomic mass is 16.5. The van der Waals surface area contributed by atoms with E-state index < -0.39 is 0 Å². The summed E-state index contributed by atoms with van der Waals surface area (Å²) in [6.45, 7) is 17.2. The molecule has 12 rings (SSSR count). The normalized spacial score (nSPS) is 32.3. The van der Waals surface area contributed by atoms with E-state index in [0.717, 1.165) is 144 Å². The van der Waals surface area contributed by atoms with E-state index in [4.69, 9.17) is 14.2 Å². The molecule has 0 amide bonds. The molecular formula is C78H121N5O6. The molecule has 89 heavy (non-hydrogen) atoms. The molecule has 9 aliphatic rings. The molecular weight excluding hydrogens is 1100 g/mol. The molecule has 6 fully saturated rings. The molecule has 0 saturated heterocycles. The summed E-state index contributed by atoms with van der Waals surface area (Å²) in [5.74, 6) is 9.14. The molecule has 0 aromatic heterocycles. The summed E-state index contributed by atoms with van der Waals surface area (Å²) in [4.78, 5) is 10.8. The number of benzene rings is 3. The van der Waals surface area contributed by atoms with Crippen molar-refractivity contribution in [1.82, 2.24) is 24.5 Å². The van der Waals surface area contributed by atoms with Crippen LogP contribution in [0.1, 0.15) is 186 Å². The summed E-state index contributed by atoms with van der Waals surface area (Å²) >= 11 is 0. The van der Waals surface area contributed by atoms with Crippen LogP contribution >= 0.6 is 0 Å². The Morgan fingerprint density at radius 3 is 1.35 bits per heavy atom.